The van der Waals surface area contributed by atoms with Gasteiger partial charge in [0.2, 0.25) is 0 Å². The monoisotopic (exact) mass is 468 g/mol. The van der Waals surface area contributed by atoms with Gasteiger partial charge in [-0.25, -0.2) is 9.82 Å². The van der Waals surface area contributed by atoms with E-state index in [1.54, 1.807) is 48.5 Å². The van der Waals surface area contributed by atoms with Crippen molar-refractivity contribution < 1.29 is 23.5 Å². The number of amides is 3. The second-order valence-electron chi connectivity index (χ2n) is 6.55. The summed E-state index contributed by atoms with van der Waals surface area (Å²) < 4.78 is 18.3. The summed E-state index contributed by atoms with van der Waals surface area (Å²) in [5.41, 5.74) is 3.42. The van der Waals surface area contributed by atoms with Gasteiger partial charge in [-0.3, -0.25) is 14.4 Å². The molecule has 0 bridgehead atoms. The maximum Gasteiger partial charge on any atom is 0.329 e. The highest BCUT2D eigenvalue weighted by Crippen LogP contribution is 2.20. The van der Waals surface area contributed by atoms with Crippen LogP contribution in [-0.4, -0.2) is 30.5 Å². The van der Waals surface area contributed by atoms with Gasteiger partial charge in [-0.1, -0.05) is 35.9 Å². The highest BCUT2D eigenvalue weighted by molar-refractivity contribution is 6.41. The molecule has 0 aliphatic heterocycles. The number of ether oxygens (including phenoxy) is 1. The average molecular weight is 469 g/mol. The second kappa shape index (κ2) is 11.4. The number of halogens is 2. The first-order valence-corrected chi connectivity index (χ1v) is 9.96. The molecule has 0 aliphatic carbocycles. The van der Waals surface area contributed by atoms with E-state index < -0.39 is 23.5 Å². The average Bonchev–Trinajstić information content (AvgIpc) is 2.81. The minimum absolute atomic E-state index is 0.267. The summed E-state index contributed by atoms with van der Waals surface area (Å²) in [6.07, 6.45) is 1.31. The number of carbonyl (C=O) groups is 3. The molecule has 0 fully saturated rings. The van der Waals surface area contributed by atoms with Gasteiger partial charge in [0.05, 0.1) is 16.9 Å². The Kier molecular flexibility index (Phi) is 8.09. The maximum atomic E-state index is 12.9. The normalized spacial score (nSPS) is 10.5. The van der Waals surface area contributed by atoms with Gasteiger partial charge >= 0.3 is 11.8 Å². The van der Waals surface area contributed by atoms with E-state index in [-0.39, 0.29) is 6.61 Å². The van der Waals surface area contributed by atoms with Crippen LogP contribution in [0.15, 0.2) is 77.9 Å². The van der Waals surface area contributed by atoms with Crippen LogP contribution < -0.4 is 20.8 Å². The minimum Gasteiger partial charge on any atom is -0.484 e. The fourth-order valence-electron chi connectivity index (χ4n) is 2.52. The van der Waals surface area contributed by atoms with Crippen LogP contribution in [0.3, 0.4) is 0 Å². The van der Waals surface area contributed by atoms with Crippen LogP contribution in [0.25, 0.3) is 0 Å². The molecule has 0 aromatic heterocycles. The number of anilines is 2. The Morgan fingerprint density at radius 2 is 1.70 bits per heavy atom. The smallest absolute Gasteiger partial charge is 0.329 e. The van der Waals surface area contributed by atoms with Gasteiger partial charge < -0.3 is 15.4 Å². The molecule has 0 radical (unpaired) electrons. The van der Waals surface area contributed by atoms with Crippen molar-refractivity contribution in [3.63, 3.8) is 0 Å². The van der Waals surface area contributed by atoms with Crippen LogP contribution in [0.4, 0.5) is 15.8 Å². The summed E-state index contributed by atoms with van der Waals surface area (Å²) in [5.74, 6) is -2.34. The number of nitrogens with one attached hydrogen (secondary N) is 3. The Morgan fingerprint density at radius 1 is 0.939 bits per heavy atom. The number of hydrogen-bond acceptors (Lipinski definition) is 5. The lowest BCUT2D eigenvalue weighted by Gasteiger charge is -2.08. The fourth-order valence-corrected chi connectivity index (χ4v) is 2.70. The highest BCUT2D eigenvalue weighted by atomic mass is 35.5. The van der Waals surface area contributed by atoms with Crippen molar-refractivity contribution in [3.8, 4) is 5.75 Å². The fraction of sp³-hybridized carbons (Fsp3) is 0.0435. The standard InChI is InChI=1S/C23H18ClFN4O4/c24-19-6-1-2-7-20(19)28-22(31)23(32)29-26-13-15-4-3-5-18(12-15)33-14-21(30)27-17-10-8-16(25)9-11-17/h1-13H,14H2,(H,27,30)(H,28,31)(H,29,32)/b26-13-. The molecule has 3 aromatic carbocycles. The van der Waals surface area contributed by atoms with E-state index in [0.29, 0.717) is 27.7 Å². The summed E-state index contributed by atoms with van der Waals surface area (Å²) in [7, 11) is 0. The largest absolute Gasteiger partial charge is 0.484 e. The molecule has 10 heteroatoms. The third kappa shape index (κ3) is 7.44. The lowest BCUT2D eigenvalue weighted by molar-refractivity contribution is -0.136. The van der Waals surface area contributed by atoms with E-state index >= 15 is 0 Å². The van der Waals surface area contributed by atoms with Gasteiger partial charge in [-0.2, -0.15) is 5.10 Å². The number of hydrazone groups is 1. The molecular formula is C23H18ClFN4O4. The van der Waals surface area contributed by atoms with Crippen molar-refractivity contribution in [3.05, 3.63) is 89.2 Å². The predicted octanol–water partition coefficient (Wildman–Crippen LogP) is 3.59. The lowest BCUT2D eigenvalue weighted by Crippen LogP contribution is -2.32. The number of benzene rings is 3. The zero-order chi connectivity index (χ0) is 23.6. The molecule has 0 aliphatic rings. The van der Waals surface area contributed by atoms with Crippen LogP contribution in [-0.2, 0) is 14.4 Å². The molecule has 33 heavy (non-hydrogen) atoms. The SMILES string of the molecule is O=C(COc1cccc(/C=N\NC(=O)C(=O)Nc2ccccc2Cl)c1)Nc1ccc(F)cc1. The summed E-state index contributed by atoms with van der Waals surface area (Å²) in [6.45, 7) is -0.267. The van der Waals surface area contributed by atoms with E-state index in [4.69, 9.17) is 16.3 Å². The third-order valence-electron chi connectivity index (χ3n) is 4.06. The Morgan fingerprint density at radius 3 is 2.45 bits per heavy atom. The van der Waals surface area contributed by atoms with Crippen molar-refractivity contribution in [2.24, 2.45) is 5.10 Å². The molecule has 0 atom stereocenters. The van der Waals surface area contributed by atoms with Crippen LogP contribution in [0.5, 0.6) is 5.75 Å². The summed E-state index contributed by atoms with van der Waals surface area (Å²) in [4.78, 5) is 35.8. The van der Waals surface area contributed by atoms with E-state index in [1.165, 1.54) is 30.5 Å². The number of hydrogen-bond donors (Lipinski definition) is 3. The second-order valence-corrected chi connectivity index (χ2v) is 6.96. The number of para-hydroxylation sites is 1. The molecule has 3 N–H and O–H groups in total. The zero-order valence-electron chi connectivity index (χ0n) is 17.0. The zero-order valence-corrected chi connectivity index (χ0v) is 17.8. The van der Waals surface area contributed by atoms with Crippen molar-refractivity contribution in [1.82, 2.24) is 5.43 Å². The van der Waals surface area contributed by atoms with Gasteiger partial charge in [0.1, 0.15) is 11.6 Å². The van der Waals surface area contributed by atoms with Crippen LogP contribution in [0, 0.1) is 5.82 Å². The van der Waals surface area contributed by atoms with Crippen molar-refractivity contribution in [1.29, 1.82) is 0 Å². The number of carbonyl (C=O) groups excluding carboxylic acids is 3. The summed E-state index contributed by atoms with van der Waals surface area (Å²) in [6, 6.07) is 18.4. The topological polar surface area (TPSA) is 109 Å². The van der Waals surface area contributed by atoms with E-state index in [2.05, 4.69) is 21.2 Å². The Bertz CT molecular complexity index is 1190. The van der Waals surface area contributed by atoms with Gasteiger partial charge in [-0.05, 0) is 54.1 Å². The van der Waals surface area contributed by atoms with Crippen LogP contribution in [0.2, 0.25) is 5.02 Å². The summed E-state index contributed by atoms with van der Waals surface area (Å²) in [5, 5.41) is 9.00. The first-order chi connectivity index (χ1) is 15.9. The first kappa shape index (κ1) is 23.4. The third-order valence-corrected chi connectivity index (χ3v) is 4.39. The molecule has 8 nitrogen and oxygen atoms in total. The molecule has 3 amide bonds. The van der Waals surface area contributed by atoms with Crippen LogP contribution >= 0.6 is 11.6 Å². The van der Waals surface area contributed by atoms with E-state index in [0.717, 1.165) is 0 Å². The van der Waals surface area contributed by atoms with Crippen molar-refractivity contribution in [2.75, 3.05) is 17.2 Å². The molecule has 3 rings (SSSR count). The van der Waals surface area contributed by atoms with Crippen molar-refractivity contribution >= 4 is 46.9 Å². The summed E-state index contributed by atoms with van der Waals surface area (Å²) >= 11 is 5.94. The molecule has 3 aromatic rings. The van der Waals surface area contributed by atoms with Gasteiger partial charge in [0.25, 0.3) is 5.91 Å². The van der Waals surface area contributed by atoms with Gasteiger partial charge in [0, 0.05) is 5.69 Å². The predicted molar refractivity (Wildman–Crippen MR) is 123 cm³/mol. The quantitative estimate of drug-likeness (QED) is 0.280. The molecule has 0 spiro atoms. The minimum atomic E-state index is -0.976. The molecule has 0 saturated heterocycles. The van der Waals surface area contributed by atoms with Crippen molar-refractivity contribution in [2.45, 2.75) is 0 Å². The molecule has 168 valence electrons. The Balaban J connectivity index is 1.48. The van der Waals surface area contributed by atoms with E-state index in [9.17, 15) is 18.8 Å². The molecular weight excluding hydrogens is 451 g/mol. The Hall–Kier alpha value is -4.24. The van der Waals surface area contributed by atoms with Crippen LogP contribution in [0.1, 0.15) is 5.56 Å². The molecule has 0 unspecified atom stereocenters. The molecule has 0 saturated carbocycles. The number of rotatable bonds is 7. The lowest BCUT2D eigenvalue weighted by atomic mass is 10.2. The maximum absolute atomic E-state index is 12.9. The highest BCUT2D eigenvalue weighted by Gasteiger charge is 2.14. The van der Waals surface area contributed by atoms with Gasteiger partial charge in [0.15, 0.2) is 6.61 Å². The van der Waals surface area contributed by atoms with Gasteiger partial charge in [-0.15, -0.1) is 0 Å². The van der Waals surface area contributed by atoms with E-state index in [1.807, 2.05) is 0 Å². The Labute approximate surface area is 193 Å². The molecule has 0 heterocycles. The number of nitrogens with zero attached hydrogens (tertiary/aromatic N) is 1. The first-order valence-electron chi connectivity index (χ1n) is 9.58.